The van der Waals surface area contributed by atoms with Crippen molar-refractivity contribution >= 4 is 60.7 Å². The minimum Gasteiger partial charge on any atom is -0.138 e. The Hall–Kier alpha value is 0.300. The fraction of sp³-hybridized carbons (Fsp3) is 0.200. The third-order valence-electron chi connectivity index (χ3n) is 2.02. The second kappa shape index (κ2) is 4.44. The summed E-state index contributed by atoms with van der Waals surface area (Å²) in [7, 11) is 0. The number of benzene rings is 1. The summed E-state index contributed by atoms with van der Waals surface area (Å²) in [5.41, 5.74) is 0. The van der Waals surface area contributed by atoms with Crippen LogP contribution >= 0.6 is 50.6 Å². The predicted octanol–water partition coefficient (Wildman–Crippen LogP) is 5.12. The van der Waals surface area contributed by atoms with Crippen LogP contribution in [-0.2, 0) is 5.88 Å². The monoisotopic (exact) mass is 306 g/mol. The lowest BCUT2D eigenvalue weighted by Gasteiger charge is -1.95. The molecule has 14 heavy (non-hydrogen) atoms. The van der Waals surface area contributed by atoms with Crippen molar-refractivity contribution in [2.24, 2.45) is 0 Å². The molecule has 0 bridgehead atoms. The highest BCUT2D eigenvalue weighted by molar-refractivity contribution is 9.10. The first-order valence-electron chi connectivity index (χ1n) is 4.07. The van der Waals surface area contributed by atoms with Crippen molar-refractivity contribution in [3.63, 3.8) is 0 Å². The molecule has 0 N–H and O–H groups in total. The lowest BCUT2D eigenvalue weighted by Crippen LogP contribution is -1.70. The molecule has 0 saturated carbocycles. The largest absolute Gasteiger partial charge is 0.138 e. The van der Waals surface area contributed by atoms with Gasteiger partial charge in [-0.15, -0.1) is 34.7 Å². The molecule has 1 aromatic carbocycles. The number of rotatable bonds is 2. The van der Waals surface area contributed by atoms with Gasteiger partial charge >= 0.3 is 0 Å². The molecule has 2 rings (SSSR count). The van der Waals surface area contributed by atoms with E-state index in [-0.39, 0.29) is 0 Å². The highest BCUT2D eigenvalue weighted by atomic mass is 79.9. The molecule has 0 amide bonds. The fourth-order valence-corrected chi connectivity index (χ4v) is 4.13. The van der Waals surface area contributed by atoms with Gasteiger partial charge in [0.2, 0.25) is 0 Å². The molecule has 0 fully saturated rings. The Labute approximate surface area is 105 Å². The van der Waals surface area contributed by atoms with Crippen molar-refractivity contribution in [1.29, 1.82) is 0 Å². The first-order valence-corrected chi connectivity index (χ1v) is 7.44. The zero-order valence-corrected chi connectivity index (χ0v) is 11.5. The van der Waals surface area contributed by atoms with E-state index in [2.05, 4.69) is 40.4 Å². The maximum atomic E-state index is 5.85. The second-order valence-electron chi connectivity index (χ2n) is 2.83. The molecule has 0 aliphatic rings. The SMILES string of the molecule is CSc1ccc2c(Br)c(CCl)sc2c1. The summed E-state index contributed by atoms with van der Waals surface area (Å²) < 4.78 is 2.46. The molecule has 0 unspecified atom stereocenters. The van der Waals surface area contributed by atoms with E-state index in [0.29, 0.717) is 5.88 Å². The van der Waals surface area contributed by atoms with E-state index in [1.165, 1.54) is 19.9 Å². The Morgan fingerprint density at radius 3 is 2.93 bits per heavy atom. The van der Waals surface area contributed by atoms with Crippen LogP contribution in [0.4, 0.5) is 0 Å². The maximum absolute atomic E-state index is 5.85. The van der Waals surface area contributed by atoms with Crippen LogP contribution in [0.2, 0.25) is 0 Å². The van der Waals surface area contributed by atoms with Crippen LogP contribution in [0.15, 0.2) is 27.6 Å². The predicted molar refractivity (Wildman–Crippen MR) is 70.9 cm³/mol. The summed E-state index contributed by atoms with van der Waals surface area (Å²) in [6, 6.07) is 6.51. The summed E-state index contributed by atoms with van der Waals surface area (Å²) in [5, 5.41) is 1.27. The topological polar surface area (TPSA) is 0 Å². The average molecular weight is 308 g/mol. The van der Waals surface area contributed by atoms with Gasteiger partial charge in [-0.25, -0.2) is 0 Å². The van der Waals surface area contributed by atoms with Gasteiger partial charge in [-0.05, 0) is 34.3 Å². The van der Waals surface area contributed by atoms with Crippen LogP contribution in [0, 0.1) is 0 Å². The van der Waals surface area contributed by atoms with E-state index in [9.17, 15) is 0 Å². The Bertz CT molecular complexity index is 464. The Morgan fingerprint density at radius 1 is 1.50 bits per heavy atom. The lowest BCUT2D eigenvalue weighted by molar-refractivity contribution is 1.50. The van der Waals surface area contributed by atoms with Crippen molar-refractivity contribution in [2.75, 3.05) is 6.26 Å². The summed E-state index contributed by atoms with van der Waals surface area (Å²) in [6.45, 7) is 0. The molecule has 0 radical (unpaired) electrons. The molecular weight excluding hydrogens is 300 g/mol. The van der Waals surface area contributed by atoms with Gasteiger partial charge < -0.3 is 0 Å². The van der Waals surface area contributed by atoms with Crippen molar-refractivity contribution < 1.29 is 0 Å². The Balaban J connectivity index is 2.66. The van der Waals surface area contributed by atoms with Crippen LogP contribution in [0.3, 0.4) is 0 Å². The molecule has 74 valence electrons. The molecule has 0 atom stereocenters. The number of alkyl halides is 1. The molecule has 2 aromatic rings. The molecule has 0 nitrogen and oxygen atoms in total. The summed E-state index contributed by atoms with van der Waals surface area (Å²) in [4.78, 5) is 2.51. The van der Waals surface area contributed by atoms with Gasteiger partial charge in [-0.1, -0.05) is 6.07 Å². The van der Waals surface area contributed by atoms with Crippen LogP contribution in [0.1, 0.15) is 4.88 Å². The number of hydrogen-bond acceptors (Lipinski definition) is 2. The highest BCUT2D eigenvalue weighted by Crippen LogP contribution is 2.37. The molecule has 0 saturated heterocycles. The van der Waals surface area contributed by atoms with Crippen LogP contribution in [-0.4, -0.2) is 6.26 Å². The second-order valence-corrected chi connectivity index (χ2v) is 5.91. The zero-order valence-electron chi connectivity index (χ0n) is 7.51. The number of fused-ring (bicyclic) bond motifs is 1. The molecule has 0 aliphatic carbocycles. The average Bonchev–Trinajstić information content (AvgIpc) is 2.55. The summed E-state index contributed by atoms with van der Waals surface area (Å²) in [6.07, 6.45) is 2.09. The van der Waals surface area contributed by atoms with Gasteiger partial charge in [0.05, 0.1) is 5.88 Å². The van der Waals surface area contributed by atoms with E-state index in [4.69, 9.17) is 11.6 Å². The van der Waals surface area contributed by atoms with Gasteiger partial charge in [0.15, 0.2) is 0 Å². The smallest absolute Gasteiger partial charge is 0.0579 e. The van der Waals surface area contributed by atoms with Crippen molar-refractivity contribution in [3.8, 4) is 0 Å². The Kier molecular flexibility index (Phi) is 3.42. The standard InChI is InChI=1S/C10H8BrClS2/c1-13-6-2-3-7-8(4-6)14-9(5-12)10(7)11/h2-4H,5H2,1H3. The van der Waals surface area contributed by atoms with Crippen LogP contribution in [0.5, 0.6) is 0 Å². The minimum atomic E-state index is 0.578. The van der Waals surface area contributed by atoms with Gasteiger partial charge in [-0.3, -0.25) is 0 Å². The van der Waals surface area contributed by atoms with E-state index in [1.807, 2.05) is 0 Å². The third kappa shape index (κ3) is 1.83. The Morgan fingerprint density at radius 2 is 2.29 bits per heavy atom. The minimum absolute atomic E-state index is 0.578. The van der Waals surface area contributed by atoms with Crippen LogP contribution in [0.25, 0.3) is 10.1 Å². The normalized spacial score (nSPS) is 11.1. The van der Waals surface area contributed by atoms with Crippen molar-refractivity contribution in [2.45, 2.75) is 10.8 Å². The molecule has 4 heteroatoms. The van der Waals surface area contributed by atoms with E-state index >= 15 is 0 Å². The lowest BCUT2D eigenvalue weighted by atomic mass is 10.2. The van der Waals surface area contributed by atoms with E-state index in [0.717, 1.165) is 4.47 Å². The van der Waals surface area contributed by atoms with Crippen LogP contribution < -0.4 is 0 Å². The highest BCUT2D eigenvalue weighted by Gasteiger charge is 2.08. The first-order chi connectivity index (χ1) is 6.76. The molecule has 1 heterocycles. The quantitative estimate of drug-likeness (QED) is 0.548. The fourth-order valence-electron chi connectivity index (χ4n) is 1.31. The van der Waals surface area contributed by atoms with Gasteiger partial charge in [-0.2, -0.15) is 0 Å². The zero-order chi connectivity index (χ0) is 10.1. The van der Waals surface area contributed by atoms with Gasteiger partial charge in [0.1, 0.15) is 0 Å². The summed E-state index contributed by atoms with van der Waals surface area (Å²) >= 11 is 13.0. The molecule has 0 aliphatic heterocycles. The number of halogens is 2. The maximum Gasteiger partial charge on any atom is 0.0579 e. The first kappa shape index (κ1) is 10.8. The van der Waals surface area contributed by atoms with Gasteiger partial charge in [0.25, 0.3) is 0 Å². The number of thiophene rings is 1. The van der Waals surface area contributed by atoms with E-state index < -0.39 is 0 Å². The molecule has 0 spiro atoms. The third-order valence-corrected chi connectivity index (χ3v) is 5.50. The number of hydrogen-bond donors (Lipinski definition) is 0. The van der Waals surface area contributed by atoms with Crippen molar-refractivity contribution in [3.05, 3.63) is 27.5 Å². The van der Waals surface area contributed by atoms with E-state index in [1.54, 1.807) is 23.1 Å². The molecule has 1 aromatic heterocycles. The summed E-state index contributed by atoms with van der Waals surface area (Å²) in [5.74, 6) is 0.578. The van der Waals surface area contributed by atoms with Crippen molar-refractivity contribution in [1.82, 2.24) is 0 Å². The van der Waals surface area contributed by atoms with Gasteiger partial charge in [0, 0.05) is 24.3 Å². The number of thioether (sulfide) groups is 1. The molecular formula is C10H8BrClS2.